The van der Waals surface area contributed by atoms with Gasteiger partial charge in [-0.2, -0.15) is 0 Å². The highest BCUT2D eigenvalue weighted by Gasteiger charge is 2.49. The monoisotopic (exact) mass is 456 g/mol. The van der Waals surface area contributed by atoms with Crippen molar-refractivity contribution in [3.05, 3.63) is 68.1 Å². The minimum absolute atomic E-state index is 0. The van der Waals surface area contributed by atoms with Crippen LogP contribution in [0.25, 0.3) is 0 Å². The Morgan fingerprint density at radius 2 is 1.87 bits per heavy atom. The topological polar surface area (TPSA) is 35.8 Å². The third kappa shape index (κ3) is 2.45. The highest BCUT2D eigenvalue weighted by Crippen LogP contribution is 2.46. The first-order valence-electron chi connectivity index (χ1n) is 7.22. The van der Waals surface area contributed by atoms with Crippen molar-refractivity contribution < 1.29 is 5.11 Å². The third-order valence-electron chi connectivity index (χ3n) is 4.30. The molecule has 4 rings (SSSR count). The molecular formula is C17H15Br2ClN2O. The lowest BCUT2D eigenvalue weighted by Crippen LogP contribution is -2.47. The molecule has 0 fully saturated rings. The van der Waals surface area contributed by atoms with Gasteiger partial charge in [0.05, 0.1) is 0 Å². The largest absolute Gasteiger partial charge is 0.363 e. The SMILES string of the molecule is Cl.OC1(c2ccc(Br)cc2Br)c2ccccc2C2=NCCCN21. The van der Waals surface area contributed by atoms with Crippen LogP contribution in [0.4, 0.5) is 0 Å². The third-order valence-corrected chi connectivity index (χ3v) is 5.45. The van der Waals surface area contributed by atoms with Gasteiger partial charge in [0.15, 0.2) is 5.72 Å². The van der Waals surface area contributed by atoms with E-state index in [-0.39, 0.29) is 12.4 Å². The molecular weight excluding hydrogens is 443 g/mol. The Hall–Kier alpha value is -0.880. The van der Waals surface area contributed by atoms with E-state index in [0.29, 0.717) is 0 Å². The van der Waals surface area contributed by atoms with E-state index in [1.165, 1.54) is 0 Å². The van der Waals surface area contributed by atoms with Crippen LogP contribution in [-0.2, 0) is 5.72 Å². The molecule has 1 unspecified atom stereocenters. The van der Waals surface area contributed by atoms with Gasteiger partial charge in [-0.25, -0.2) is 0 Å². The molecule has 2 aliphatic rings. The van der Waals surface area contributed by atoms with E-state index in [0.717, 1.165) is 51.0 Å². The number of aliphatic hydroxyl groups is 1. The van der Waals surface area contributed by atoms with Crippen molar-refractivity contribution in [1.82, 2.24) is 4.90 Å². The lowest BCUT2D eigenvalue weighted by atomic mass is 9.94. The zero-order valence-corrected chi connectivity index (χ0v) is 16.2. The molecule has 2 aromatic rings. The molecule has 2 aliphatic heterocycles. The predicted molar refractivity (Wildman–Crippen MR) is 101 cm³/mol. The normalized spacial score (nSPS) is 22.0. The number of benzene rings is 2. The Morgan fingerprint density at radius 1 is 1.09 bits per heavy atom. The lowest BCUT2D eigenvalue weighted by Gasteiger charge is -2.38. The fourth-order valence-corrected chi connectivity index (χ4v) is 4.66. The van der Waals surface area contributed by atoms with Gasteiger partial charge in [0, 0.05) is 38.7 Å². The number of nitrogens with zero attached hydrogens (tertiary/aromatic N) is 2. The van der Waals surface area contributed by atoms with Gasteiger partial charge >= 0.3 is 0 Å². The van der Waals surface area contributed by atoms with Crippen LogP contribution >= 0.6 is 44.3 Å². The van der Waals surface area contributed by atoms with Crippen molar-refractivity contribution in [1.29, 1.82) is 0 Å². The number of hydrogen-bond donors (Lipinski definition) is 1. The van der Waals surface area contributed by atoms with Crippen molar-refractivity contribution in [3.8, 4) is 0 Å². The van der Waals surface area contributed by atoms with Crippen LogP contribution in [0, 0.1) is 0 Å². The molecule has 1 atom stereocenters. The number of halogens is 3. The molecule has 2 aromatic carbocycles. The summed E-state index contributed by atoms with van der Waals surface area (Å²) in [5, 5.41) is 11.7. The van der Waals surface area contributed by atoms with E-state index < -0.39 is 5.72 Å². The first-order chi connectivity index (χ1) is 10.6. The quantitative estimate of drug-likeness (QED) is 0.692. The number of fused-ring (bicyclic) bond motifs is 3. The van der Waals surface area contributed by atoms with Crippen LogP contribution in [0.5, 0.6) is 0 Å². The van der Waals surface area contributed by atoms with Crippen molar-refractivity contribution in [2.75, 3.05) is 13.1 Å². The van der Waals surface area contributed by atoms with Crippen LogP contribution in [0.3, 0.4) is 0 Å². The van der Waals surface area contributed by atoms with Gasteiger partial charge in [0.1, 0.15) is 5.84 Å². The maximum absolute atomic E-state index is 11.7. The van der Waals surface area contributed by atoms with E-state index in [4.69, 9.17) is 0 Å². The van der Waals surface area contributed by atoms with Gasteiger partial charge in [-0.3, -0.25) is 4.99 Å². The van der Waals surface area contributed by atoms with Crippen LogP contribution < -0.4 is 0 Å². The van der Waals surface area contributed by atoms with Gasteiger partial charge < -0.3 is 10.0 Å². The smallest absolute Gasteiger partial charge is 0.194 e. The summed E-state index contributed by atoms with van der Waals surface area (Å²) in [6.07, 6.45) is 0.952. The Bertz CT molecular complexity index is 796. The van der Waals surface area contributed by atoms with Gasteiger partial charge in [-0.1, -0.05) is 62.2 Å². The average Bonchev–Trinajstić information content (AvgIpc) is 2.79. The minimum Gasteiger partial charge on any atom is -0.363 e. The average molecular weight is 459 g/mol. The second kappa shape index (κ2) is 6.20. The molecule has 1 N–H and O–H groups in total. The molecule has 0 saturated carbocycles. The molecule has 120 valence electrons. The molecule has 0 aromatic heterocycles. The summed E-state index contributed by atoms with van der Waals surface area (Å²) in [6.45, 7) is 1.62. The maximum Gasteiger partial charge on any atom is 0.194 e. The molecule has 2 heterocycles. The molecule has 23 heavy (non-hydrogen) atoms. The first kappa shape index (κ1) is 17.0. The number of aliphatic imine (C=N–C) groups is 1. The van der Waals surface area contributed by atoms with Crippen LogP contribution in [0.1, 0.15) is 23.1 Å². The number of rotatable bonds is 1. The molecule has 6 heteroatoms. The second-order valence-electron chi connectivity index (χ2n) is 5.55. The van der Waals surface area contributed by atoms with E-state index in [2.05, 4.69) is 36.9 Å². The Kier molecular flexibility index (Phi) is 4.58. The van der Waals surface area contributed by atoms with E-state index in [1.807, 2.05) is 47.4 Å². The summed E-state index contributed by atoms with van der Waals surface area (Å²) < 4.78 is 1.86. The zero-order valence-electron chi connectivity index (χ0n) is 12.2. The highest BCUT2D eigenvalue weighted by molar-refractivity contribution is 9.11. The van der Waals surface area contributed by atoms with Gasteiger partial charge in [0.25, 0.3) is 0 Å². The summed E-state index contributed by atoms with van der Waals surface area (Å²) in [5.41, 5.74) is 1.60. The van der Waals surface area contributed by atoms with Gasteiger partial charge in [-0.05, 0) is 18.6 Å². The fourth-order valence-electron chi connectivity index (χ4n) is 3.34. The molecule has 0 amide bonds. The summed E-state index contributed by atoms with van der Waals surface area (Å²) in [5.74, 6) is 0.902. The molecule has 0 aliphatic carbocycles. The maximum atomic E-state index is 11.7. The van der Waals surface area contributed by atoms with Crippen molar-refractivity contribution in [2.45, 2.75) is 12.1 Å². The Labute approximate surface area is 158 Å². The highest BCUT2D eigenvalue weighted by atomic mass is 79.9. The van der Waals surface area contributed by atoms with E-state index >= 15 is 0 Å². The Balaban J connectivity index is 0.00000156. The van der Waals surface area contributed by atoms with Gasteiger partial charge in [-0.15, -0.1) is 12.4 Å². The van der Waals surface area contributed by atoms with Crippen molar-refractivity contribution >= 4 is 50.1 Å². The van der Waals surface area contributed by atoms with Crippen LogP contribution in [-0.4, -0.2) is 28.9 Å². The Morgan fingerprint density at radius 3 is 2.65 bits per heavy atom. The van der Waals surface area contributed by atoms with E-state index in [9.17, 15) is 5.11 Å². The van der Waals surface area contributed by atoms with Crippen LogP contribution in [0.15, 0.2) is 56.4 Å². The molecule has 0 saturated heterocycles. The van der Waals surface area contributed by atoms with Crippen molar-refractivity contribution in [3.63, 3.8) is 0 Å². The fraction of sp³-hybridized carbons (Fsp3) is 0.235. The lowest BCUT2D eigenvalue weighted by molar-refractivity contribution is -0.0324. The van der Waals surface area contributed by atoms with Gasteiger partial charge in [0.2, 0.25) is 0 Å². The summed E-state index contributed by atoms with van der Waals surface area (Å²) in [7, 11) is 0. The summed E-state index contributed by atoms with van der Waals surface area (Å²) in [4.78, 5) is 6.68. The molecule has 0 bridgehead atoms. The zero-order chi connectivity index (χ0) is 15.3. The molecule has 0 spiro atoms. The molecule has 3 nitrogen and oxygen atoms in total. The second-order valence-corrected chi connectivity index (χ2v) is 7.32. The number of amidine groups is 1. The summed E-state index contributed by atoms with van der Waals surface area (Å²) >= 11 is 7.08. The van der Waals surface area contributed by atoms with Crippen molar-refractivity contribution in [2.24, 2.45) is 4.99 Å². The molecule has 0 radical (unpaired) electrons. The minimum atomic E-state index is -1.17. The number of hydrogen-bond acceptors (Lipinski definition) is 3. The van der Waals surface area contributed by atoms with E-state index in [1.54, 1.807) is 0 Å². The summed E-state index contributed by atoms with van der Waals surface area (Å²) in [6, 6.07) is 13.9. The van der Waals surface area contributed by atoms with Crippen LogP contribution in [0.2, 0.25) is 0 Å². The standard InChI is InChI=1S/C17H14Br2N2O.ClH/c18-11-6-7-14(15(19)10-11)17(22)13-5-2-1-4-12(13)16-20-8-3-9-21(16)17;/h1-2,4-7,10,22H,3,8-9H2;1H. The first-order valence-corrected chi connectivity index (χ1v) is 8.81. The predicted octanol–water partition coefficient (Wildman–Crippen LogP) is 4.29.